The van der Waals surface area contributed by atoms with E-state index in [1.165, 1.54) is 0 Å². The van der Waals surface area contributed by atoms with Crippen molar-refractivity contribution in [1.82, 2.24) is 20.2 Å². The Bertz CT molecular complexity index is 1460. The summed E-state index contributed by atoms with van der Waals surface area (Å²) in [4.78, 5) is 10.5. The number of nitrogens with one attached hydrogen (secondary N) is 2. The van der Waals surface area contributed by atoms with E-state index in [2.05, 4.69) is 25.5 Å². The number of H-pyrrole nitrogens is 1. The average molecular weight is 483 g/mol. The maximum atomic E-state index is 15.0. The van der Waals surface area contributed by atoms with Crippen molar-refractivity contribution in [3.63, 3.8) is 0 Å². The molecule has 1 aliphatic heterocycles. The van der Waals surface area contributed by atoms with Crippen molar-refractivity contribution in [2.24, 2.45) is 0 Å². The second kappa shape index (κ2) is 8.99. The number of aliphatic hydroxyl groups excluding tert-OH is 1. The molecule has 0 unspecified atom stereocenters. The van der Waals surface area contributed by atoms with Gasteiger partial charge in [-0.3, -0.25) is 5.10 Å². The molecular weight excluding hydrogens is 459 g/mol. The van der Waals surface area contributed by atoms with Crippen LogP contribution in [0.5, 0.6) is 0 Å². The largest absolute Gasteiger partial charge is 0.396 e. The average Bonchev–Trinajstić information content (AvgIpc) is 3.43. The van der Waals surface area contributed by atoms with E-state index in [0.717, 1.165) is 28.4 Å². The zero-order valence-corrected chi connectivity index (χ0v) is 19.0. The lowest BCUT2D eigenvalue weighted by molar-refractivity contribution is 0.285. The molecule has 3 N–H and O–H groups in total. The third kappa shape index (κ3) is 4.19. The summed E-state index contributed by atoms with van der Waals surface area (Å²) < 4.78 is 39.6. The van der Waals surface area contributed by atoms with Gasteiger partial charge in [0.1, 0.15) is 0 Å². The van der Waals surface area contributed by atoms with Gasteiger partial charge in [0.15, 0.2) is 21.5 Å². The molecule has 0 atom stereocenters. The Labute approximate surface area is 195 Å². The summed E-state index contributed by atoms with van der Waals surface area (Å²) in [6, 6.07) is 10.7. The Morgan fingerprint density at radius 3 is 2.91 bits per heavy atom. The van der Waals surface area contributed by atoms with Crippen LogP contribution in [-0.4, -0.2) is 52.6 Å². The second-order valence-corrected chi connectivity index (χ2v) is 10.1. The van der Waals surface area contributed by atoms with Crippen LogP contribution in [0.15, 0.2) is 53.7 Å². The normalized spacial score (nSPS) is 14.3. The number of aromatic nitrogens is 4. The number of aromatic amines is 1. The highest BCUT2D eigenvalue weighted by molar-refractivity contribution is 7.91. The fourth-order valence-electron chi connectivity index (χ4n) is 4.13. The third-order valence-corrected chi connectivity index (χ3v) is 7.61. The minimum atomic E-state index is -3.29. The Balaban J connectivity index is 1.51. The van der Waals surface area contributed by atoms with Crippen LogP contribution in [0, 0.1) is 5.82 Å². The maximum Gasteiger partial charge on any atom is 0.229 e. The zero-order valence-electron chi connectivity index (χ0n) is 18.2. The van der Waals surface area contributed by atoms with Gasteiger partial charge in [0.05, 0.1) is 34.2 Å². The van der Waals surface area contributed by atoms with Gasteiger partial charge in [-0.15, -0.1) is 0 Å². The Kier molecular flexibility index (Phi) is 5.88. The van der Waals surface area contributed by atoms with Gasteiger partial charge in [-0.05, 0) is 49.1 Å². The molecule has 0 saturated carbocycles. The predicted octanol–water partition coefficient (Wildman–Crippen LogP) is 3.48. The van der Waals surface area contributed by atoms with Crippen LogP contribution >= 0.6 is 0 Å². The van der Waals surface area contributed by atoms with Crippen LogP contribution in [0.25, 0.3) is 10.9 Å². The number of anilines is 4. The fraction of sp³-hybridized carbons (Fsp3) is 0.261. The smallest absolute Gasteiger partial charge is 0.229 e. The van der Waals surface area contributed by atoms with Crippen LogP contribution in [-0.2, 0) is 16.3 Å². The number of aryl methyl sites for hydroxylation is 1. The molecule has 4 aromatic rings. The number of unbranched alkanes of at least 4 members (excludes halogenated alkanes) is 1. The van der Waals surface area contributed by atoms with Gasteiger partial charge >= 0.3 is 0 Å². The molecule has 0 saturated heterocycles. The van der Waals surface area contributed by atoms with E-state index in [1.54, 1.807) is 29.3 Å². The first-order valence-electron chi connectivity index (χ1n) is 10.9. The van der Waals surface area contributed by atoms with Crippen molar-refractivity contribution in [3.8, 4) is 0 Å². The van der Waals surface area contributed by atoms with Crippen molar-refractivity contribution in [2.75, 3.05) is 29.1 Å². The highest BCUT2D eigenvalue weighted by Gasteiger charge is 2.26. The predicted molar refractivity (Wildman–Crippen MR) is 127 cm³/mol. The van der Waals surface area contributed by atoms with Crippen LogP contribution in [0.3, 0.4) is 0 Å². The number of halogens is 1. The van der Waals surface area contributed by atoms with Crippen molar-refractivity contribution in [2.45, 2.75) is 24.2 Å². The molecule has 2 aromatic heterocycles. The first kappa shape index (κ1) is 22.2. The van der Waals surface area contributed by atoms with E-state index in [4.69, 9.17) is 0 Å². The Morgan fingerprint density at radius 1 is 1.18 bits per heavy atom. The van der Waals surface area contributed by atoms with Gasteiger partial charge in [0.2, 0.25) is 5.95 Å². The molecule has 5 rings (SSSR count). The number of fused-ring (bicyclic) bond motifs is 2. The quantitative estimate of drug-likeness (QED) is 0.326. The van der Waals surface area contributed by atoms with Crippen molar-refractivity contribution in [1.29, 1.82) is 0 Å². The lowest BCUT2D eigenvalue weighted by Gasteiger charge is -2.25. The van der Waals surface area contributed by atoms with Gasteiger partial charge in [-0.1, -0.05) is 12.1 Å². The summed E-state index contributed by atoms with van der Waals surface area (Å²) in [7, 11) is -3.29. The molecule has 0 radical (unpaired) electrons. The topological polar surface area (TPSA) is 124 Å². The lowest BCUT2D eigenvalue weighted by atomic mass is 10.1. The SMILES string of the molecule is O=S1(=O)CCc2ccc(Nc3ncc(F)c(N(CCCCO)c4cccc5[nH]ncc45)n3)cc21. The van der Waals surface area contributed by atoms with Crippen LogP contribution in [0.1, 0.15) is 18.4 Å². The minimum Gasteiger partial charge on any atom is -0.396 e. The first-order valence-corrected chi connectivity index (χ1v) is 12.6. The zero-order chi connectivity index (χ0) is 23.7. The van der Waals surface area contributed by atoms with E-state index in [-0.39, 0.29) is 24.1 Å². The van der Waals surface area contributed by atoms with Gasteiger partial charge in [-0.2, -0.15) is 10.1 Å². The molecule has 11 heteroatoms. The molecule has 34 heavy (non-hydrogen) atoms. The highest BCUT2D eigenvalue weighted by atomic mass is 32.2. The van der Waals surface area contributed by atoms with Crippen LogP contribution in [0.4, 0.5) is 27.5 Å². The van der Waals surface area contributed by atoms with Gasteiger partial charge in [-0.25, -0.2) is 17.8 Å². The molecule has 1 aliphatic rings. The number of benzene rings is 2. The van der Waals surface area contributed by atoms with Crippen LogP contribution < -0.4 is 10.2 Å². The maximum absolute atomic E-state index is 15.0. The van der Waals surface area contributed by atoms with Crippen molar-refractivity contribution in [3.05, 3.63) is 60.2 Å². The summed E-state index contributed by atoms with van der Waals surface area (Å²) in [5.41, 5.74) is 2.81. The minimum absolute atomic E-state index is 0.0318. The molecule has 0 fully saturated rings. The standard InChI is InChI=1S/C23H23FN6O3S/c24-18-14-25-23(27-16-7-6-15-8-11-34(32,33)21(15)12-16)28-22(18)30(9-1-2-10-31)20-5-3-4-19-17(20)13-26-29-19/h3-7,12-14,31H,1-2,8-11H2,(H,26,29)(H,25,27,28). The summed E-state index contributed by atoms with van der Waals surface area (Å²) in [6.07, 6.45) is 4.42. The molecular formula is C23H23FN6O3S. The fourth-order valence-corrected chi connectivity index (χ4v) is 5.71. The molecule has 0 aliphatic carbocycles. The highest BCUT2D eigenvalue weighted by Crippen LogP contribution is 2.33. The summed E-state index contributed by atoms with van der Waals surface area (Å²) in [5, 5.41) is 20.1. The number of nitrogens with zero attached hydrogens (tertiary/aromatic N) is 4. The van der Waals surface area contributed by atoms with Crippen molar-refractivity contribution >= 4 is 43.9 Å². The number of aliphatic hydroxyl groups is 1. The Hall–Kier alpha value is -3.57. The van der Waals surface area contributed by atoms with E-state index >= 15 is 4.39 Å². The molecule has 0 spiro atoms. The molecule has 0 amide bonds. The first-order chi connectivity index (χ1) is 16.5. The van der Waals surface area contributed by atoms with E-state index in [1.807, 2.05) is 18.2 Å². The number of hydrogen-bond donors (Lipinski definition) is 3. The molecule has 176 valence electrons. The number of hydrogen-bond acceptors (Lipinski definition) is 8. The van der Waals surface area contributed by atoms with Gasteiger partial charge in [0.25, 0.3) is 0 Å². The van der Waals surface area contributed by atoms with Gasteiger partial charge < -0.3 is 15.3 Å². The molecule has 0 bridgehead atoms. The number of sulfone groups is 1. The van der Waals surface area contributed by atoms with Crippen molar-refractivity contribution < 1.29 is 17.9 Å². The third-order valence-electron chi connectivity index (χ3n) is 5.82. The summed E-state index contributed by atoms with van der Waals surface area (Å²) in [5.74, 6) is -0.298. The monoisotopic (exact) mass is 482 g/mol. The van der Waals surface area contributed by atoms with Crippen LogP contribution in [0.2, 0.25) is 0 Å². The van der Waals surface area contributed by atoms with E-state index in [0.29, 0.717) is 36.4 Å². The van der Waals surface area contributed by atoms with E-state index in [9.17, 15) is 13.5 Å². The molecule has 2 aromatic carbocycles. The lowest BCUT2D eigenvalue weighted by Crippen LogP contribution is -2.22. The summed E-state index contributed by atoms with van der Waals surface area (Å²) >= 11 is 0. The number of rotatable bonds is 8. The molecule has 3 heterocycles. The molecule has 9 nitrogen and oxygen atoms in total. The summed E-state index contributed by atoms with van der Waals surface area (Å²) in [6.45, 7) is 0.444. The second-order valence-electron chi connectivity index (χ2n) is 8.07. The van der Waals surface area contributed by atoms with E-state index < -0.39 is 15.7 Å². The van der Waals surface area contributed by atoms with Gasteiger partial charge in [0, 0.05) is 24.2 Å². The Morgan fingerprint density at radius 2 is 2.06 bits per heavy atom.